The first-order chi connectivity index (χ1) is 10.2. The molecule has 3 aromatic rings. The summed E-state index contributed by atoms with van der Waals surface area (Å²) in [6, 6.07) is 13.7. The van der Waals surface area contributed by atoms with Gasteiger partial charge in [-0.15, -0.1) is 11.3 Å². The Labute approximate surface area is 126 Å². The molecule has 0 radical (unpaired) electrons. The van der Waals surface area contributed by atoms with Crippen LogP contribution in [0.4, 0.5) is 0 Å². The van der Waals surface area contributed by atoms with Gasteiger partial charge in [-0.3, -0.25) is 9.89 Å². The molecule has 0 aliphatic rings. The topological polar surface area (TPSA) is 57.8 Å². The third-order valence-electron chi connectivity index (χ3n) is 3.30. The lowest BCUT2D eigenvalue weighted by molar-refractivity contribution is 0.0946. The fourth-order valence-electron chi connectivity index (χ4n) is 2.07. The van der Waals surface area contributed by atoms with Crippen LogP contribution in [-0.4, -0.2) is 16.1 Å². The quantitative estimate of drug-likeness (QED) is 0.775. The van der Waals surface area contributed by atoms with Gasteiger partial charge in [0.05, 0.1) is 10.6 Å². The molecule has 0 unspecified atom stereocenters. The third-order valence-corrected chi connectivity index (χ3v) is 4.20. The Bertz CT molecular complexity index is 746. The lowest BCUT2D eigenvalue weighted by atomic mass is 10.1. The highest BCUT2D eigenvalue weighted by Crippen LogP contribution is 2.22. The van der Waals surface area contributed by atoms with E-state index in [1.807, 2.05) is 48.7 Å². The SMILES string of the molecule is Cc1ccccc1CNC(=O)c1cc(-c2cccs2)[nH]n1. The molecule has 0 saturated carbocycles. The molecule has 1 amide bonds. The van der Waals surface area contributed by atoms with Crippen LogP contribution >= 0.6 is 11.3 Å². The van der Waals surface area contributed by atoms with E-state index in [4.69, 9.17) is 0 Å². The average molecular weight is 297 g/mol. The number of rotatable bonds is 4. The number of aromatic nitrogens is 2. The largest absolute Gasteiger partial charge is 0.347 e. The van der Waals surface area contributed by atoms with Crippen LogP contribution in [0.3, 0.4) is 0 Å². The minimum absolute atomic E-state index is 0.169. The van der Waals surface area contributed by atoms with Gasteiger partial charge in [0, 0.05) is 6.54 Å². The number of hydrogen-bond acceptors (Lipinski definition) is 3. The highest BCUT2D eigenvalue weighted by Gasteiger charge is 2.11. The van der Waals surface area contributed by atoms with Crippen molar-refractivity contribution in [2.75, 3.05) is 0 Å². The van der Waals surface area contributed by atoms with Crippen molar-refractivity contribution in [3.63, 3.8) is 0 Å². The van der Waals surface area contributed by atoms with Crippen LogP contribution < -0.4 is 5.32 Å². The van der Waals surface area contributed by atoms with Crippen molar-refractivity contribution in [1.29, 1.82) is 0 Å². The number of carbonyl (C=O) groups excluding carboxylic acids is 1. The second-order valence-corrected chi connectivity index (χ2v) is 5.70. The first-order valence-corrected chi connectivity index (χ1v) is 7.54. The van der Waals surface area contributed by atoms with E-state index in [-0.39, 0.29) is 5.91 Å². The number of carbonyl (C=O) groups is 1. The van der Waals surface area contributed by atoms with Gasteiger partial charge in [-0.1, -0.05) is 30.3 Å². The van der Waals surface area contributed by atoms with Crippen molar-refractivity contribution in [2.24, 2.45) is 0 Å². The molecule has 0 fully saturated rings. The summed E-state index contributed by atoms with van der Waals surface area (Å²) in [5.74, 6) is -0.169. The maximum absolute atomic E-state index is 12.1. The molecule has 0 saturated heterocycles. The highest BCUT2D eigenvalue weighted by atomic mass is 32.1. The minimum Gasteiger partial charge on any atom is -0.347 e. The Balaban J connectivity index is 1.68. The predicted molar refractivity (Wildman–Crippen MR) is 84.2 cm³/mol. The normalized spacial score (nSPS) is 10.5. The van der Waals surface area contributed by atoms with Crippen molar-refractivity contribution < 1.29 is 4.79 Å². The Morgan fingerprint density at radius 2 is 2.14 bits per heavy atom. The summed E-state index contributed by atoms with van der Waals surface area (Å²) < 4.78 is 0. The lowest BCUT2D eigenvalue weighted by Gasteiger charge is -2.06. The van der Waals surface area contributed by atoms with Crippen LogP contribution in [0.1, 0.15) is 21.6 Å². The second-order valence-electron chi connectivity index (χ2n) is 4.75. The van der Waals surface area contributed by atoms with E-state index in [1.54, 1.807) is 17.4 Å². The van der Waals surface area contributed by atoms with Crippen LogP contribution in [0.2, 0.25) is 0 Å². The molecule has 4 nitrogen and oxygen atoms in total. The van der Waals surface area contributed by atoms with Crippen LogP contribution in [0.5, 0.6) is 0 Å². The molecular weight excluding hydrogens is 282 g/mol. The van der Waals surface area contributed by atoms with Crippen LogP contribution in [0.15, 0.2) is 47.8 Å². The summed E-state index contributed by atoms with van der Waals surface area (Å²) in [5.41, 5.74) is 3.55. The van der Waals surface area contributed by atoms with E-state index in [0.29, 0.717) is 12.2 Å². The molecule has 0 aliphatic carbocycles. The number of nitrogens with one attached hydrogen (secondary N) is 2. The summed E-state index contributed by atoms with van der Waals surface area (Å²) in [4.78, 5) is 13.2. The zero-order valence-corrected chi connectivity index (χ0v) is 12.4. The second kappa shape index (κ2) is 5.93. The Morgan fingerprint density at radius 3 is 2.90 bits per heavy atom. The van der Waals surface area contributed by atoms with Gasteiger partial charge in [0.25, 0.3) is 5.91 Å². The standard InChI is InChI=1S/C16H15N3OS/c1-11-5-2-3-6-12(11)10-17-16(20)14-9-13(18-19-14)15-7-4-8-21-15/h2-9H,10H2,1H3,(H,17,20)(H,18,19). The van der Waals surface area contributed by atoms with E-state index in [1.165, 1.54) is 5.56 Å². The van der Waals surface area contributed by atoms with E-state index in [0.717, 1.165) is 16.1 Å². The van der Waals surface area contributed by atoms with Crippen LogP contribution in [0, 0.1) is 6.92 Å². The van der Waals surface area contributed by atoms with Gasteiger partial charge in [0.2, 0.25) is 0 Å². The molecule has 0 spiro atoms. The van der Waals surface area contributed by atoms with E-state index in [2.05, 4.69) is 15.5 Å². The molecule has 0 aliphatic heterocycles. The van der Waals surface area contributed by atoms with E-state index >= 15 is 0 Å². The van der Waals surface area contributed by atoms with Gasteiger partial charge in [0.15, 0.2) is 5.69 Å². The van der Waals surface area contributed by atoms with Crippen LogP contribution in [0.25, 0.3) is 10.6 Å². The average Bonchev–Trinajstić information content (AvgIpc) is 3.16. The number of nitrogens with zero attached hydrogens (tertiary/aromatic N) is 1. The van der Waals surface area contributed by atoms with Crippen molar-refractivity contribution in [2.45, 2.75) is 13.5 Å². The molecule has 21 heavy (non-hydrogen) atoms. The molecular formula is C16H15N3OS. The van der Waals surface area contributed by atoms with E-state index < -0.39 is 0 Å². The van der Waals surface area contributed by atoms with Crippen molar-refractivity contribution in [1.82, 2.24) is 15.5 Å². The maximum Gasteiger partial charge on any atom is 0.272 e. The van der Waals surface area contributed by atoms with Gasteiger partial charge in [-0.05, 0) is 35.6 Å². The molecule has 0 bridgehead atoms. The summed E-state index contributed by atoms with van der Waals surface area (Å²) in [5, 5.41) is 11.9. The Kier molecular flexibility index (Phi) is 3.83. The third kappa shape index (κ3) is 3.03. The van der Waals surface area contributed by atoms with Crippen molar-refractivity contribution in [3.05, 3.63) is 64.7 Å². The fraction of sp³-hybridized carbons (Fsp3) is 0.125. The maximum atomic E-state index is 12.1. The number of benzene rings is 1. The van der Waals surface area contributed by atoms with Gasteiger partial charge >= 0.3 is 0 Å². The van der Waals surface area contributed by atoms with Crippen molar-refractivity contribution in [3.8, 4) is 10.6 Å². The number of aromatic amines is 1. The molecule has 106 valence electrons. The smallest absolute Gasteiger partial charge is 0.272 e. The van der Waals surface area contributed by atoms with Crippen LogP contribution in [-0.2, 0) is 6.54 Å². The Morgan fingerprint density at radius 1 is 1.29 bits per heavy atom. The van der Waals surface area contributed by atoms with Gasteiger partial charge in [0.1, 0.15) is 0 Å². The zero-order valence-electron chi connectivity index (χ0n) is 11.6. The molecule has 3 rings (SSSR count). The molecule has 2 N–H and O–H groups in total. The molecule has 2 aromatic heterocycles. The number of hydrogen-bond donors (Lipinski definition) is 2. The fourth-order valence-corrected chi connectivity index (χ4v) is 2.76. The number of aryl methyl sites for hydroxylation is 1. The number of H-pyrrole nitrogens is 1. The predicted octanol–water partition coefficient (Wildman–Crippen LogP) is 3.38. The van der Waals surface area contributed by atoms with Gasteiger partial charge < -0.3 is 5.32 Å². The zero-order chi connectivity index (χ0) is 14.7. The highest BCUT2D eigenvalue weighted by molar-refractivity contribution is 7.13. The summed E-state index contributed by atoms with van der Waals surface area (Å²) in [6.07, 6.45) is 0. The minimum atomic E-state index is -0.169. The summed E-state index contributed by atoms with van der Waals surface area (Å²) >= 11 is 1.61. The lowest BCUT2D eigenvalue weighted by Crippen LogP contribution is -2.23. The van der Waals surface area contributed by atoms with Crippen molar-refractivity contribution >= 4 is 17.2 Å². The summed E-state index contributed by atoms with van der Waals surface area (Å²) in [6.45, 7) is 2.54. The Hall–Kier alpha value is -2.40. The number of amides is 1. The first kappa shape index (κ1) is 13.6. The molecule has 1 aromatic carbocycles. The number of thiophene rings is 1. The summed E-state index contributed by atoms with van der Waals surface area (Å²) in [7, 11) is 0. The first-order valence-electron chi connectivity index (χ1n) is 6.66. The monoisotopic (exact) mass is 297 g/mol. The molecule has 5 heteroatoms. The molecule has 2 heterocycles. The van der Waals surface area contributed by atoms with Gasteiger partial charge in [-0.2, -0.15) is 5.10 Å². The van der Waals surface area contributed by atoms with Gasteiger partial charge in [-0.25, -0.2) is 0 Å². The van der Waals surface area contributed by atoms with E-state index in [9.17, 15) is 4.79 Å². The molecule has 0 atom stereocenters.